The van der Waals surface area contributed by atoms with Crippen LogP contribution in [0.15, 0.2) is 48.0 Å². The van der Waals surface area contributed by atoms with Gasteiger partial charge in [0.2, 0.25) is 0 Å². The van der Waals surface area contributed by atoms with Crippen LogP contribution in [0.3, 0.4) is 0 Å². The van der Waals surface area contributed by atoms with E-state index in [2.05, 4.69) is 0 Å². The normalized spacial score (nSPS) is 13.4. The van der Waals surface area contributed by atoms with Crippen LogP contribution in [-0.4, -0.2) is 38.2 Å². The van der Waals surface area contributed by atoms with Gasteiger partial charge in [-0.1, -0.05) is 29.8 Å². The van der Waals surface area contributed by atoms with E-state index in [4.69, 9.17) is 25.8 Å². The highest BCUT2D eigenvalue weighted by molar-refractivity contribution is 6.32. The molecule has 2 N–H and O–H groups in total. The van der Waals surface area contributed by atoms with Crippen LogP contribution in [0.25, 0.3) is 6.08 Å². The Labute approximate surface area is 171 Å². The van der Waals surface area contributed by atoms with Crippen LogP contribution in [0.5, 0.6) is 17.2 Å². The Kier molecular flexibility index (Phi) is 6.36. The zero-order valence-corrected chi connectivity index (χ0v) is 16.1. The number of carbonyl (C=O) groups is 3. The van der Waals surface area contributed by atoms with Gasteiger partial charge in [-0.3, -0.25) is 20.2 Å². The molecule has 2 aromatic carbocycles. The van der Waals surface area contributed by atoms with Gasteiger partial charge in [0.15, 0.2) is 11.5 Å². The second kappa shape index (κ2) is 9.11. The van der Waals surface area contributed by atoms with Crippen molar-refractivity contribution in [3.8, 4) is 17.2 Å². The molecule has 150 valence electrons. The summed E-state index contributed by atoms with van der Waals surface area (Å²) in [5, 5.41) is 4.54. The van der Waals surface area contributed by atoms with Gasteiger partial charge in [-0.25, -0.2) is 4.79 Å². The van der Waals surface area contributed by atoms with E-state index in [-0.39, 0.29) is 18.8 Å². The van der Waals surface area contributed by atoms with Crippen LogP contribution < -0.4 is 24.8 Å². The molecule has 0 atom stereocenters. The van der Waals surface area contributed by atoms with Gasteiger partial charge >= 0.3 is 6.03 Å². The minimum atomic E-state index is -0.850. The Morgan fingerprint density at radius 2 is 1.55 bits per heavy atom. The number of urea groups is 1. The van der Waals surface area contributed by atoms with Crippen molar-refractivity contribution >= 4 is 35.5 Å². The minimum absolute atomic E-state index is 0.187. The van der Waals surface area contributed by atoms with Gasteiger partial charge in [0, 0.05) is 0 Å². The van der Waals surface area contributed by atoms with Crippen molar-refractivity contribution in [2.75, 3.05) is 20.3 Å². The van der Waals surface area contributed by atoms with Crippen LogP contribution in [0, 0.1) is 0 Å². The van der Waals surface area contributed by atoms with Crippen molar-refractivity contribution in [1.29, 1.82) is 0 Å². The molecule has 0 aromatic heterocycles. The number of nitrogens with one attached hydrogen (secondary N) is 2. The second-order valence-electron chi connectivity index (χ2n) is 5.83. The van der Waals surface area contributed by atoms with Crippen LogP contribution >= 0.6 is 11.6 Å². The molecule has 0 bridgehead atoms. The average Bonchev–Trinajstić information content (AvgIpc) is 2.69. The first-order valence-corrected chi connectivity index (χ1v) is 8.92. The summed E-state index contributed by atoms with van der Waals surface area (Å²) in [5.41, 5.74) is 0.338. The average molecular weight is 417 g/mol. The van der Waals surface area contributed by atoms with E-state index >= 15 is 0 Å². The number of benzene rings is 2. The molecule has 2 aromatic rings. The molecule has 9 heteroatoms. The molecule has 0 radical (unpaired) electrons. The smallest absolute Gasteiger partial charge is 0.328 e. The summed E-state index contributed by atoms with van der Waals surface area (Å²) in [7, 11) is 1.47. The lowest BCUT2D eigenvalue weighted by Gasteiger charge is -2.15. The Bertz CT molecular complexity index is 967. The SMILES string of the molecule is COc1cc(C=C2C(=O)NC(=O)NC2=O)ccc1OCCOc1ccccc1Cl. The van der Waals surface area contributed by atoms with E-state index in [1.165, 1.54) is 13.2 Å². The van der Waals surface area contributed by atoms with Gasteiger partial charge in [0.05, 0.1) is 12.1 Å². The van der Waals surface area contributed by atoms with Crippen molar-refractivity contribution < 1.29 is 28.6 Å². The van der Waals surface area contributed by atoms with E-state index in [9.17, 15) is 14.4 Å². The number of carbonyl (C=O) groups excluding carboxylic acids is 3. The van der Waals surface area contributed by atoms with E-state index in [1.807, 2.05) is 22.8 Å². The van der Waals surface area contributed by atoms with Crippen LogP contribution in [0.2, 0.25) is 5.02 Å². The lowest BCUT2D eigenvalue weighted by atomic mass is 10.1. The van der Waals surface area contributed by atoms with Crippen LogP contribution in [-0.2, 0) is 9.59 Å². The number of halogens is 1. The van der Waals surface area contributed by atoms with Crippen molar-refractivity contribution in [2.24, 2.45) is 0 Å². The lowest BCUT2D eigenvalue weighted by molar-refractivity contribution is -0.123. The summed E-state index contributed by atoms with van der Waals surface area (Å²) in [6.07, 6.45) is 1.35. The maximum atomic E-state index is 11.8. The Morgan fingerprint density at radius 1 is 0.897 bits per heavy atom. The molecule has 4 amide bonds. The Hall–Kier alpha value is -3.52. The number of ether oxygens (including phenoxy) is 3. The number of hydrogen-bond donors (Lipinski definition) is 2. The van der Waals surface area contributed by atoms with Crippen molar-refractivity contribution in [1.82, 2.24) is 10.6 Å². The van der Waals surface area contributed by atoms with Gasteiger partial charge in [-0.2, -0.15) is 0 Å². The first-order chi connectivity index (χ1) is 14.0. The van der Waals surface area contributed by atoms with Gasteiger partial charge in [0.1, 0.15) is 24.5 Å². The van der Waals surface area contributed by atoms with Crippen molar-refractivity contribution in [3.05, 3.63) is 58.6 Å². The third-order valence-electron chi connectivity index (χ3n) is 3.88. The summed E-state index contributed by atoms with van der Waals surface area (Å²) in [5.74, 6) is -0.103. The van der Waals surface area contributed by atoms with E-state index in [0.717, 1.165) is 0 Å². The molecule has 0 spiro atoms. The maximum absolute atomic E-state index is 11.8. The maximum Gasteiger partial charge on any atom is 0.328 e. The quantitative estimate of drug-likeness (QED) is 0.408. The summed E-state index contributed by atoms with van der Waals surface area (Å²) in [6, 6.07) is 11.2. The first kappa shape index (κ1) is 20.2. The van der Waals surface area contributed by atoms with E-state index in [0.29, 0.717) is 27.8 Å². The molecule has 8 nitrogen and oxygen atoms in total. The fourth-order valence-corrected chi connectivity index (χ4v) is 2.72. The summed E-state index contributed by atoms with van der Waals surface area (Å²) in [4.78, 5) is 34.7. The molecule has 0 saturated carbocycles. The molecule has 1 saturated heterocycles. The monoisotopic (exact) mass is 416 g/mol. The minimum Gasteiger partial charge on any atom is -0.493 e. The number of para-hydroxylation sites is 1. The molecule has 29 heavy (non-hydrogen) atoms. The van der Waals surface area contributed by atoms with Crippen LogP contribution in [0.1, 0.15) is 5.56 Å². The van der Waals surface area contributed by atoms with Gasteiger partial charge in [0.25, 0.3) is 11.8 Å². The fourth-order valence-electron chi connectivity index (χ4n) is 2.53. The molecule has 0 aliphatic carbocycles. The molecule has 1 aliphatic rings. The number of hydrogen-bond acceptors (Lipinski definition) is 6. The van der Waals surface area contributed by atoms with Crippen molar-refractivity contribution in [2.45, 2.75) is 0 Å². The molecule has 1 aliphatic heterocycles. The number of amides is 4. The summed E-state index contributed by atoms with van der Waals surface area (Å²) < 4.78 is 16.5. The standard InChI is InChI=1S/C20H17ClN2O6/c1-27-17-11-12(10-13-18(24)22-20(26)23-19(13)25)6-7-16(17)29-9-8-28-15-5-3-2-4-14(15)21/h2-7,10-11H,8-9H2,1H3,(H2,22,23,24,25,26). The molecule has 1 fully saturated rings. The zero-order valence-electron chi connectivity index (χ0n) is 15.4. The number of imide groups is 2. The molecular formula is C20H17ClN2O6. The third kappa shape index (κ3) is 5.05. The van der Waals surface area contributed by atoms with E-state index in [1.54, 1.807) is 30.3 Å². The predicted octanol–water partition coefficient (Wildman–Crippen LogP) is 2.56. The van der Waals surface area contributed by atoms with Crippen LogP contribution in [0.4, 0.5) is 4.79 Å². The number of barbiturate groups is 1. The first-order valence-electron chi connectivity index (χ1n) is 8.54. The number of rotatable bonds is 7. The lowest BCUT2D eigenvalue weighted by Crippen LogP contribution is -2.51. The third-order valence-corrected chi connectivity index (χ3v) is 4.19. The van der Waals surface area contributed by atoms with Gasteiger partial charge < -0.3 is 14.2 Å². The topological polar surface area (TPSA) is 103 Å². The summed E-state index contributed by atoms with van der Waals surface area (Å²) in [6.45, 7) is 0.516. The Morgan fingerprint density at radius 3 is 2.21 bits per heavy atom. The Balaban J connectivity index is 1.65. The largest absolute Gasteiger partial charge is 0.493 e. The molecule has 0 unspecified atom stereocenters. The summed E-state index contributed by atoms with van der Waals surface area (Å²) >= 11 is 6.03. The van der Waals surface area contributed by atoms with Gasteiger partial charge in [-0.05, 0) is 35.9 Å². The highest BCUT2D eigenvalue weighted by Crippen LogP contribution is 2.29. The van der Waals surface area contributed by atoms with E-state index < -0.39 is 17.8 Å². The number of methoxy groups -OCH3 is 1. The second-order valence-corrected chi connectivity index (χ2v) is 6.24. The predicted molar refractivity (Wildman–Crippen MR) is 105 cm³/mol. The van der Waals surface area contributed by atoms with Gasteiger partial charge in [-0.15, -0.1) is 0 Å². The zero-order chi connectivity index (χ0) is 20.8. The highest BCUT2D eigenvalue weighted by Gasteiger charge is 2.27. The molecule has 1 heterocycles. The molecular weight excluding hydrogens is 400 g/mol. The van der Waals surface area contributed by atoms with Crippen molar-refractivity contribution in [3.63, 3.8) is 0 Å². The molecule has 3 rings (SSSR count). The fraction of sp³-hybridized carbons (Fsp3) is 0.150. The highest BCUT2D eigenvalue weighted by atomic mass is 35.5.